The van der Waals surface area contributed by atoms with Crippen molar-refractivity contribution in [2.75, 3.05) is 32.0 Å². The smallest absolute Gasteiger partial charge is 0.407 e. The number of aromatic amines is 1. The summed E-state index contributed by atoms with van der Waals surface area (Å²) in [5.74, 6) is -29.5. The Balaban J connectivity index is 1.61. The molecule has 0 radical (unpaired) electrons. The lowest BCUT2D eigenvalue weighted by atomic mass is 9.96. The Morgan fingerprint density at radius 3 is 1.75 bits per heavy atom. The SMILES string of the molecule is C[C@H](CC(=O)O)[C@@H]1NC(=O)[C@@H](CO)NC(=O)CNC(=O)[C@H](CC(=O)O)NC(=O)[C@@H](C)NC(=O)[C@H](CC(=O)O)NC(=O)[C@H](CCCNC(=O)OCc2ccccc2)NC(=O)CNC(=O)[C@@H](NC(=O)[C@H](CC(=O)O)NC(=O)[C@@H](CC(N)=O)NC(=O)[C@@H](N)Cc2c[nH]c3ccccc23)[C@@H](C)OC(=O)[C@H](CC(=O)c2ccccc2N)NC1=O. The molecule has 44 nitrogen and oxygen atoms in total. The molecule has 0 bridgehead atoms. The number of amides is 14. The fourth-order valence-electron chi connectivity index (χ4n) is 11.1. The van der Waals surface area contributed by atoms with Gasteiger partial charge in [0.05, 0.1) is 57.8 Å². The van der Waals surface area contributed by atoms with Gasteiger partial charge in [-0.1, -0.05) is 67.6 Å². The van der Waals surface area contributed by atoms with Crippen LogP contribution in [0.3, 0.4) is 0 Å². The molecule has 44 heteroatoms. The predicted molar refractivity (Wildman–Crippen MR) is 389 cm³/mol. The predicted octanol–water partition coefficient (Wildman–Crippen LogP) is -6.95. The van der Waals surface area contributed by atoms with E-state index in [9.17, 15) is 121 Å². The number of fused-ring (bicyclic) bond motifs is 1. The summed E-state index contributed by atoms with van der Waals surface area (Å²) in [4.78, 5) is 275. The van der Waals surface area contributed by atoms with Gasteiger partial charge in [-0.15, -0.1) is 0 Å². The number of anilines is 1. The third-order valence-electron chi connectivity index (χ3n) is 17.0. The number of nitrogen functional groups attached to an aromatic ring is 1. The number of Topliss-reactive ketones (excluding diaryl/α,β-unsaturated/α-hetero) is 1. The highest BCUT2D eigenvalue weighted by Gasteiger charge is 2.41. The summed E-state index contributed by atoms with van der Waals surface area (Å²) < 4.78 is 10.9. The van der Waals surface area contributed by atoms with E-state index in [1.54, 1.807) is 60.8 Å². The third kappa shape index (κ3) is 29.6. The molecular weight excluding hydrogens is 1510 g/mol. The van der Waals surface area contributed by atoms with Gasteiger partial charge in [0.2, 0.25) is 76.8 Å². The van der Waals surface area contributed by atoms with Crippen LogP contribution in [-0.4, -0.2) is 248 Å². The molecule has 25 N–H and O–H groups in total. The van der Waals surface area contributed by atoms with Crippen LogP contribution >= 0.6 is 0 Å². The number of cyclic esters (lactones) is 1. The molecule has 1 aliphatic heterocycles. The molecule has 1 fully saturated rings. The summed E-state index contributed by atoms with van der Waals surface area (Å²) >= 11 is 0. The Labute approximate surface area is 646 Å². The molecule has 3 aromatic carbocycles. The maximum atomic E-state index is 14.8. The van der Waals surface area contributed by atoms with Crippen molar-refractivity contribution in [2.24, 2.45) is 17.4 Å². The van der Waals surface area contributed by atoms with E-state index in [0.29, 0.717) is 22.0 Å². The zero-order valence-electron chi connectivity index (χ0n) is 61.4. The lowest BCUT2D eigenvalue weighted by molar-refractivity contribution is -0.156. The number of primary amides is 1. The number of rotatable bonds is 29. The number of nitrogens with two attached hydrogens (primary N) is 3. The topological polar surface area (TPSA) is 711 Å². The van der Waals surface area contributed by atoms with Gasteiger partial charge >= 0.3 is 35.9 Å². The number of esters is 1. The van der Waals surface area contributed by atoms with Crippen LogP contribution in [0.2, 0.25) is 0 Å². The van der Waals surface area contributed by atoms with Crippen LogP contribution in [0.15, 0.2) is 85.1 Å². The van der Waals surface area contributed by atoms with Crippen LogP contribution in [0.5, 0.6) is 0 Å². The number of carboxylic acids is 4. The van der Waals surface area contributed by atoms with Crippen molar-refractivity contribution in [3.05, 3.63) is 102 Å². The van der Waals surface area contributed by atoms with Crippen molar-refractivity contribution in [1.82, 2.24) is 74.1 Å². The number of carbonyl (C=O) groups is 20. The number of H-pyrrole nitrogens is 1. The summed E-state index contributed by atoms with van der Waals surface area (Å²) in [6.45, 7) is -1.42. The molecule has 0 aliphatic carbocycles. The number of ether oxygens (including phenoxy) is 2. The second-order valence-electron chi connectivity index (χ2n) is 26.1. The van der Waals surface area contributed by atoms with Crippen LogP contribution in [0.1, 0.15) is 93.6 Å². The Morgan fingerprint density at radius 1 is 0.579 bits per heavy atom. The lowest BCUT2D eigenvalue weighted by Gasteiger charge is -2.30. The quantitative estimate of drug-likeness (QED) is 0.0104. The van der Waals surface area contributed by atoms with Gasteiger partial charge in [0, 0.05) is 41.3 Å². The first-order chi connectivity index (χ1) is 53.8. The number of aliphatic carboxylic acids is 4. The summed E-state index contributed by atoms with van der Waals surface area (Å²) in [6, 6.07) is -2.47. The standard InChI is InChI=1S/C70H89N17O27/c1-32(20-53(93)94)57-68(110)85-47(22-49(89)38-15-7-9-16-39(38)71)69(111)114-34(3)58(87-65(107)46(26-56(99)100)84-64(106)43(23-50(73)90)82-60(102)40(72)21-36-27-75-41-17-10-8-14-37(36)41)67(109)77-29-51(91)79-42(18-11-19-74-70(112)113-31-35-12-5-4-6-13-35)62(104)83-45(25-55(97)98)63(105)78-33(2)59(101)81-44(24-54(95)96)61(103)76-28-52(92)80-48(30-88)66(108)86-57/h4-10,12-17,27,32-34,40,42-48,57-58,75,88H,11,18-26,28-31,71-72H2,1-3H3,(H2,73,90)(H,74,112)(H,76,103)(H,77,109)(H,78,105)(H,79,91)(H,80,92)(H,81,101)(H,82,102)(H,83,104)(H,84,106)(H,85,110)(H,86,108)(H,87,107)(H,93,94)(H,95,96)(H,97,98)(H,99,100)/t32-,33-,34-,40+,42+,43-,44+,45+,46+,47+,48-,57+,58+/m1/s1. The zero-order chi connectivity index (χ0) is 84.6. The van der Waals surface area contributed by atoms with Gasteiger partial charge in [-0.2, -0.15) is 0 Å². The molecule has 1 aliphatic rings. The van der Waals surface area contributed by atoms with Gasteiger partial charge in [-0.25, -0.2) is 9.59 Å². The van der Waals surface area contributed by atoms with Crippen LogP contribution in [0, 0.1) is 5.92 Å². The van der Waals surface area contributed by atoms with Crippen molar-refractivity contribution < 1.29 is 131 Å². The van der Waals surface area contributed by atoms with Crippen molar-refractivity contribution in [1.29, 1.82) is 0 Å². The minimum atomic E-state index is -2.47. The molecule has 114 heavy (non-hydrogen) atoms. The van der Waals surface area contributed by atoms with E-state index in [0.717, 1.165) is 20.8 Å². The number of hydrogen-bond acceptors (Lipinski definition) is 25. The van der Waals surface area contributed by atoms with E-state index in [2.05, 4.69) is 52.8 Å². The highest BCUT2D eigenvalue weighted by molar-refractivity contribution is 6.05. The number of aromatic nitrogens is 1. The van der Waals surface area contributed by atoms with Crippen molar-refractivity contribution in [3.63, 3.8) is 0 Å². The number of nitrogens with one attached hydrogen (secondary N) is 14. The first-order valence-electron chi connectivity index (χ1n) is 35.0. The number of carboxylic acid groups (broad SMARTS) is 4. The number of carbonyl (C=O) groups excluding carboxylic acids is 16. The number of ketones is 1. The minimum Gasteiger partial charge on any atom is -0.481 e. The molecule has 5 rings (SSSR count). The van der Waals surface area contributed by atoms with E-state index < -0.39 is 262 Å². The molecule has 2 heterocycles. The average molecular weight is 1600 g/mol. The number of alkyl carbamates (subject to hydrolysis) is 1. The number of para-hydroxylation sites is 2. The Bertz CT molecular complexity index is 4250. The fraction of sp³-hybridized carbons (Fsp3) is 0.429. The van der Waals surface area contributed by atoms with Gasteiger partial charge < -0.3 is 126 Å². The molecule has 4 aromatic rings. The molecule has 0 spiro atoms. The third-order valence-corrected chi connectivity index (χ3v) is 17.0. The molecule has 13 atom stereocenters. The van der Waals surface area contributed by atoms with E-state index in [-0.39, 0.29) is 37.2 Å². The number of aliphatic hydroxyl groups excluding tert-OH is 1. The molecule has 1 saturated heterocycles. The highest BCUT2D eigenvalue weighted by Crippen LogP contribution is 2.21. The van der Waals surface area contributed by atoms with Gasteiger partial charge in [-0.05, 0) is 68.4 Å². The van der Waals surface area contributed by atoms with Crippen LogP contribution in [0.25, 0.3) is 10.9 Å². The Hall–Kier alpha value is -13.7. The zero-order valence-corrected chi connectivity index (χ0v) is 61.4. The first-order valence-corrected chi connectivity index (χ1v) is 35.0. The number of hydrogen-bond donors (Lipinski definition) is 22. The largest absolute Gasteiger partial charge is 0.481 e. The van der Waals surface area contributed by atoms with Crippen molar-refractivity contribution in [3.8, 4) is 0 Å². The van der Waals surface area contributed by atoms with Crippen LogP contribution in [-0.2, 0) is 109 Å². The highest BCUT2D eigenvalue weighted by atomic mass is 16.6. The average Bonchev–Trinajstić information content (AvgIpc) is 1.60. The molecular formula is C70H89N17O27. The fourth-order valence-corrected chi connectivity index (χ4v) is 11.1. The van der Waals surface area contributed by atoms with E-state index in [4.69, 9.17) is 26.7 Å². The summed E-state index contributed by atoms with van der Waals surface area (Å²) in [6.07, 6.45) is -9.61. The van der Waals surface area contributed by atoms with Gasteiger partial charge in [-0.3, -0.25) is 86.3 Å². The molecule has 1 aromatic heterocycles. The Morgan fingerprint density at radius 2 is 1.13 bits per heavy atom. The molecule has 0 saturated carbocycles. The number of aliphatic hydroxyl groups is 1. The van der Waals surface area contributed by atoms with E-state index in [1.165, 1.54) is 24.3 Å². The van der Waals surface area contributed by atoms with Crippen LogP contribution in [0.4, 0.5) is 10.5 Å². The second-order valence-corrected chi connectivity index (χ2v) is 26.1. The lowest BCUT2D eigenvalue weighted by Crippen LogP contribution is -2.61. The van der Waals surface area contributed by atoms with Gasteiger partial charge in [0.25, 0.3) is 0 Å². The van der Waals surface area contributed by atoms with Gasteiger partial charge in [0.1, 0.15) is 73.1 Å². The first kappa shape index (κ1) is 90.9. The molecule has 616 valence electrons. The summed E-state index contributed by atoms with van der Waals surface area (Å²) in [5, 5.41) is 78.2. The van der Waals surface area contributed by atoms with Crippen molar-refractivity contribution in [2.45, 2.75) is 158 Å². The van der Waals surface area contributed by atoms with E-state index in [1.807, 2.05) is 21.3 Å². The summed E-state index contributed by atoms with van der Waals surface area (Å²) in [5.41, 5.74) is 19.1. The van der Waals surface area contributed by atoms with Gasteiger partial charge in [0.15, 0.2) is 5.78 Å². The van der Waals surface area contributed by atoms with E-state index >= 15 is 0 Å². The summed E-state index contributed by atoms with van der Waals surface area (Å²) in [7, 11) is 0. The maximum Gasteiger partial charge on any atom is 0.407 e. The Kier molecular flexibility index (Phi) is 35.3. The normalized spacial score (nSPS) is 21.2. The minimum absolute atomic E-state index is 0.157. The van der Waals surface area contributed by atoms with Crippen molar-refractivity contribution >= 4 is 135 Å². The monoisotopic (exact) mass is 1600 g/mol. The maximum absolute atomic E-state index is 14.8. The molecule has 14 amide bonds. The number of benzene rings is 3. The second kappa shape index (κ2) is 44.2. The molecule has 0 unspecified atom stereocenters. The van der Waals surface area contributed by atoms with Crippen LogP contribution < -0.4 is 86.3 Å².